The topological polar surface area (TPSA) is 58.3 Å². The molecule has 1 N–H and O–H groups in total. The highest BCUT2D eigenvalue weighted by Crippen LogP contribution is 2.14. The summed E-state index contributed by atoms with van der Waals surface area (Å²) in [7, 11) is 2.04. The fourth-order valence-corrected chi connectivity index (χ4v) is 3.50. The third-order valence-corrected chi connectivity index (χ3v) is 5.21. The van der Waals surface area contributed by atoms with E-state index in [1.54, 1.807) is 11.3 Å². The van der Waals surface area contributed by atoms with E-state index in [0.717, 1.165) is 41.7 Å². The number of aryl methyl sites for hydroxylation is 1. The Morgan fingerprint density at radius 3 is 2.74 bits per heavy atom. The molecule has 0 atom stereocenters. The van der Waals surface area contributed by atoms with Crippen molar-refractivity contribution < 1.29 is 0 Å². The molecule has 3 aromatic rings. The van der Waals surface area contributed by atoms with Crippen LogP contribution in [0.3, 0.4) is 0 Å². The standard InChI is InChI=1S/C20H26N6S/c1-4-18-12-22-19(27-18)13-23-20(21-5-2)25(3)14-16-11-24-26(15-16)17-9-7-6-8-10-17/h6-12,15H,4-5,13-14H2,1-3H3,(H,21,23). The van der Waals surface area contributed by atoms with Crippen LogP contribution in [0.4, 0.5) is 0 Å². The number of hydrogen-bond acceptors (Lipinski definition) is 4. The molecule has 0 fully saturated rings. The molecule has 0 unspecified atom stereocenters. The van der Waals surface area contributed by atoms with E-state index in [0.29, 0.717) is 6.54 Å². The van der Waals surface area contributed by atoms with E-state index in [2.05, 4.69) is 40.3 Å². The Morgan fingerprint density at radius 1 is 1.22 bits per heavy atom. The van der Waals surface area contributed by atoms with E-state index in [9.17, 15) is 0 Å². The van der Waals surface area contributed by atoms with Crippen molar-refractivity contribution in [1.29, 1.82) is 0 Å². The smallest absolute Gasteiger partial charge is 0.194 e. The van der Waals surface area contributed by atoms with E-state index >= 15 is 0 Å². The molecule has 2 aromatic heterocycles. The van der Waals surface area contributed by atoms with Gasteiger partial charge in [0.2, 0.25) is 0 Å². The first-order valence-electron chi connectivity index (χ1n) is 9.21. The normalized spacial score (nSPS) is 11.6. The SMILES string of the molecule is CCNC(=NCc1ncc(CC)s1)N(C)Cc1cnn(-c2ccccc2)c1. The monoisotopic (exact) mass is 382 g/mol. The Kier molecular flexibility index (Phi) is 6.59. The summed E-state index contributed by atoms with van der Waals surface area (Å²) in [5.74, 6) is 0.873. The van der Waals surface area contributed by atoms with Gasteiger partial charge in [-0.3, -0.25) is 0 Å². The quantitative estimate of drug-likeness (QED) is 0.502. The maximum absolute atomic E-state index is 4.74. The second-order valence-electron chi connectivity index (χ2n) is 6.23. The molecule has 0 aliphatic rings. The molecule has 3 rings (SSSR count). The zero-order valence-corrected chi connectivity index (χ0v) is 16.9. The Balaban J connectivity index is 1.67. The summed E-state index contributed by atoms with van der Waals surface area (Å²) in [6.45, 7) is 6.38. The van der Waals surface area contributed by atoms with E-state index in [4.69, 9.17) is 4.99 Å². The van der Waals surface area contributed by atoms with Gasteiger partial charge in [-0.05, 0) is 25.5 Å². The molecule has 2 heterocycles. The minimum absolute atomic E-state index is 0.598. The average Bonchev–Trinajstić information content (AvgIpc) is 3.35. The number of guanidine groups is 1. The molecule has 0 saturated heterocycles. The first-order chi connectivity index (χ1) is 13.2. The first kappa shape index (κ1) is 19.1. The number of hydrogen-bond donors (Lipinski definition) is 1. The van der Waals surface area contributed by atoms with Gasteiger partial charge in [0.05, 0.1) is 18.4 Å². The number of para-hydroxylation sites is 1. The van der Waals surface area contributed by atoms with E-state index in [1.165, 1.54) is 4.88 Å². The van der Waals surface area contributed by atoms with Gasteiger partial charge in [-0.1, -0.05) is 25.1 Å². The summed E-state index contributed by atoms with van der Waals surface area (Å²) in [6.07, 6.45) is 6.93. The Bertz CT molecular complexity index is 867. The van der Waals surface area contributed by atoms with Crippen molar-refractivity contribution in [2.75, 3.05) is 13.6 Å². The Hall–Kier alpha value is -2.67. The lowest BCUT2D eigenvalue weighted by Crippen LogP contribution is -2.38. The predicted octanol–water partition coefficient (Wildman–Crippen LogP) is 3.49. The minimum atomic E-state index is 0.598. The number of thiazole rings is 1. The number of benzene rings is 1. The van der Waals surface area contributed by atoms with Crippen molar-refractivity contribution in [1.82, 2.24) is 25.0 Å². The molecule has 0 saturated carbocycles. The average molecular weight is 383 g/mol. The van der Waals surface area contributed by atoms with Gasteiger partial charge in [0.1, 0.15) is 5.01 Å². The molecule has 6 nitrogen and oxygen atoms in total. The van der Waals surface area contributed by atoms with Crippen LogP contribution in [0.2, 0.25) is 0 Å². The summed E-state index contributed by atoms with van der Waals surface area (Å²) < 4.78 is 1.90. The number of aliphatic imine (C=N–C) groups is 1. The van der Waals surface area contributed by atoms with Crippen LogP contribution in [0.15, 0.2) is 53.9 Å². The van der Waals surface area contributed by atoms with Crippen molar-refractivity contribution >= 4 is 17.3 Å². The van der Waals surface area contributed by atoms with Gasteiger partial charge >= 0.3 is 0 Å². The van der Waals surface area contributed by atoms with Crippen LogP contribution in [0.1, 0.15) is 29.3 Å². The molecule has 0 bridgehead atoms. The molecular formula is C20H26N6S. The molecule has 1 aromatic carbocycles. The maximum atomic E-state index is 4.74. The second kappa shape index (κ2) is 9.32. The summed E-state index contributed by atoms with van der Waals surface area (Å²) in [6, 6.07) is 10.1. The Labute approximate surface area is 164 Å². The molecule has 0 spiro atoms. The largest absolute Gasteiger partial charge is 0.357 e. The van der Waals surface area contributed by atoms with Gasteiger partial charge in [0.25, 0.3) is 0 Å². The van der Waals surface area contributed by atoms with Gasteiger partial charge in [0, 0.05) is 43.0 Å². The zero-order chi connectivity index (χ0) is 19.1. The zero-order valence-electron chi connectivity index (χ0n) is 16.1. The summed E-state index contributed by atoms with van der Waals surface area (Å²) in [5, 5.41) is 8.88. The van der Waals surface area contributed by atoms with E-state index in [1.807, 2.05) is 54.5 Å². The number of nitrogens with zero attached hydrogens (tertiary/aromatic N) is 5. The lowest BCUT2D eigenvalue weighted by molar-refractivity contribution is 0.476. The minimum Gasteiger partial charge on any atom is -0.357 e. The highest BCUT2D eigenvalue weighted by molar-refractivity contribution is 7.11. The van der Waals surface area contributed by atoms with Gasteiger partial charge in [-0.2, -0.15) is 5.10 Å². The molecule has 7 heteroatoms. The van der Waals surface area contributed by atoms with Crippen molar-refractivity contribution in [3.8, 4) is 5.69 Å². The molecule has 0 aliphatic heterocycles. The number of rotatable bonds is 7. The molecule has 27 heavy (non-hydrogen) atoms. The Morgan fingerprint density at radius 2 is 2.04 bits per heavy atom. The predicted molar refractivity (Wildman–Crippen MR) is 111 cm³/mol. The van der Waals surface area contributed by atoms with Gasteiger partial charge < -0.3 is 10.2 Å². The second-order valence-corrected chi connectivity index (χ2v) is 7.43. The lowest BCUT2D eigenvalue weighted by Gasteiger charge is -2.21. The van der Waals surface area contributed by atoms with Crippen LogP contribution in [-0.2, 0) is 19.5 Å². The molecular weight excluding hydrogens is 356 g/mol. The fourth-order valence-electron chi connectivity index (χ4n) is 2.71. The lowest BCUT2D eigenvalue weighted by atomic mass is 10.3. The van der Waals surface area contributed by atoms with Crippen molar-refractivity contribution in [2.45, 2.75) is 33.4 Å². The third kappa shape index (κ3) is 5.17. The van der Waals surface area contributed by atoms with Crippen LogP contribution in [0, 0.1) is 0 Å². The van der Waals surface area contributed by atoms with Crippen LogP contribution >= 0.6 is 11.3 Å². The van der Waals surface area contributed by atoms with Gasteiger partial charge in [-0.25, -0.2) is 14.7 Å². The van der Waals surface area contributed by atoms with Crippen LogP contribution in [-0.4, -0.2) is 39.2 Å². The van der Waals surface area contributed by atoms with Crippen LogP contribution in [0.5, 0.6) is 0 Å². The van der Waals surface area contributed by atoms with Crippen molar-refractivity contribution in [3.05, 3.63) is 64.4 Å². The molecule has 0 aliphatic carbocycles. The molecule has 0 amide bonds. The van der Waals surface area contributed by atoms with E-state index < -0.39 is 0 Å². The van der Waals surface area contributed by atoms with Crippen molar-refractivity contribution in [2.24, 2.45) is 4.99 Å². The third-order valence-electron chi connectivity index (χ3n) is 4.09. The van der Waals surface area contributed by atoms with Gasteiger partial charge in [-0.15, -0.1) is 11.3 Å². The first-order valence-corrected chi connectivity index (χ1v) is 10.0. The highest BCUT2D eigenvalue weighted by Gasteiger charge is 2.09. The fraction of sp³-hybridized carbons (Fsp3) is 0.350. The molecule has 0 radical (unpaired) electrons. The number of nitrogens with one attached hydrogen (secondary N) is 1. The summed E-state index contributed by atoms with van der Waals surface area (Å²) in [5.41, 5.74) is 2.19. The number of aromatic nitrogens is 3. The van der Waals surface area contributed by atoms with Crippen LogP contribution in [0.25, 0.3) is 5.69 Å². The van der Waals surface area contributed by atoms with E-state index in [-0.39, 0.29) is 0 Å². The summed E-state index contributed by atoms with van der Waals surface area (Å²) in [4.78, 5) is 12.6. The molecule has 142 valence electrons. The summed E-state index contributed by atoms with van der Waals surface area (Å²) >= 11 is 1.73. The maximum Gasteiger partial charge on any atom is 0.194 e. The highest BCUT2D eigenvalue weighted by atomic mass is 32.1. The van der Waals surface area contributed by atoms with Gasteiger partial charge in [0.15, 0.2) is 5.96 Å². The van der Waals surface area contributed by atoms with Crippen molar-refractivity contribution in [3.63, 3.8) is 0 Å². The van der Waals surface area contributed by atoms with Crippen LogP contribution < -0.4 is 5.32 Å².